The third kappa shape index (κ3) is 5.11. The van der Waals surface area contributed by atoms with Gasteiger partial charge in [0.15, 0.2) is 0 Å². The lowest BCUT2D eigenvalue weighted by molar-refractivity contribution is -0.123. The number of likely N-dealkylation sites (tertiary alicyclic amines) is 1. The Labute approximate surface area is 134 Å². The highest BCUT2D eigenvalue weighted by Gasteiger charge is 2.22. The fourth-order valence-electron chi connectivity index (χ4n) is 2.86. The van der Waals surface area contributed by atoms with Crippen molar-refractivity contribution >= 4 is 5.91 Å². The molecule has 0 bridgehead atoms. The number of carbonyl (C=O) groups is 1. The van der Waals surface area contributed by atoms with Crippen LogP contribution in [-0.2, 0) is 11.3 Å². The molecule has 0 radical (unpaired) electrons. The molecule has 0 aliphatic carbocycles. The molecule has 0 saturated carbocycles. The SMILES string of the molecule is CC(C)[C@H](N)C(=O)NCC1CCN(Cc2ccccc2)CC1. The summed E-state index contributed by atoms with van der Waals surface area (Å²) >= 11 is 0. The fraction of sp³-hybridized carbons (Fsp3) is 0.611. The number of nitrogens with two attached hydrogens (primary N) is 1. The number of nitrogens with one attached hydrogen (secondary N) is 1. The van der Waals surface area contributed by atoms with E-state index in [1.165, 1.54) is 5.56 Å². The summed E-state index contributed by atoms with van der Waals surface area (Å²) in [6.45, 7) is 7.95. The number of hydrogen-bond acceptors (Lipinski definition) is 3. The summed E-state index contributed by atoms with van der Waals surface area (Å²) in [6, 6.07) is 10.2. The normalized spacial score (nSPS) is 18.4. The number of amides is 1. The van der Waals surface area contributed by atoms with E-state index in [0.717, 1.165) is 39.0 Å². The summed E-state index contributed by atoms with van der Waals surface area (Å²) in [6.07, 6.45) is 2.29. The van der Waals surface area contributed by atoms with Crippen LogP contribution in [0.2, 0.25) is 0 Å². The average molecular weight is 303 g/mol. The van der Waals surface area contributed by atoms with Gasteiger partial charge in [-0.3, -0.25) is 9.69 Å². The van der Waals surface area contributed by atoms with Crippen LogP contribution in [0.15, 0.2) is 30.3 Å². The first-order chi connectivity index (χ1) is 10.6. The van der Waals surface area contributed by atoms with Gasteiger partial charge in [-0.05, 0) is 43.3 Å². The van der Waals surface area contributed by atoms with Crippen molar-refractivity contribution in [3.05, 3.63) is 35.9 Å². The van der Waals surface area contributed by atoms with Crippen LogP contribution in [-0.4, -0.2) is 36.5 Å². The molecule has 1 aromatic rings. The smallest absolute Gasteiger partial charge is 0.237 e. The van der Waals surface area contributed by atoms with Gasteiger partial charge in [0, 0.05) is 13.1 Å². The number of hydrogen-bond donors (Lipinski definition) is 2. The minimum absolute atomic E-state index is 0.0123. The first-order valence-electron chi connectivity index (χ1n) is 8.36. The van der Waals surface area contributed by atoms with Crippen molar-refractivity contribution in [1.29, 1.82) is 0 Å². The number of nitrogens with zero attached hydrogens (tertiary/aromatic N) is 1. The fourth-order valence-corrected chi connectivity index (χ4v) is 2.86. The van der Waals surface area contributed by atoms with Gasteiger partial charge < -0.3 is 11.1 Å². The van der Waals surface area contributed by atoms with Gasteiger partial charge in [0.1, 0.15) is 0 Å². The predicted molar refractivity (Wildman–Crippen MR) is 90.3 cm³/mol. The Balaban J connectivity index is 1.68. The van der Waals surface area contributed by atoms with E-state index in [0.29, 0.717) is 5.92 Å². The molecule has 0 aromatic heterocycles. The molecule has 22 heavy (non-hydrogen) atoms. The number of rotatable bonds is 6. The molecule has 1 aliphatic heterocycles. The molecule has 0 unspecified atom stereocenters. The second-order valence-corrected chi connectivity index (χ2v) is 6.72. The lowest BCUT2D eigenvalue weighted by atomic mass is 9.96. The summed E-state index contributed by atoms with van der Waals surface area (Å²) < 4.78 is 0. The Kier molecular flexibility index (Phi) is 6.40. The molecule has 0 spiro atoms. The monoisotopic (exact) mass is 303 g/mol. The van der Waals surface area contributed by atoms with Crippen LogP contribution in [0.25, 0.3) is 0 Å². The Morgan fingerprint density at radius 3 is 2.50 bits per heavy atom. The Morgan fingerprint density at radius 1 is 1.27 bits per heavy atom. The quantitative estimate of drug-likeness (QED) is 0.845. The zero-order valence-corrected chi connectivity index (χ0v) is 13.8. The van der Waals surface area contributed by atoms with E-state index >= 15 is 0 Å². The number of carbonyl (C=O) groups excluding carboxylic acids is 1. The van der Waals surface area contributed by atoms with Crippen LogP contribution < -0.4 is 11.1 Å². The van der Waals surface area contributed by atoms with Crippen LogP contribution in [0.4, 0.5) is 0 Å². The summed E-state index contributed by atoms with van der Waals surface area (Å²) in [5.74, 6) is 0.754. The highest BCUT2D eigenvalue weighted by Crippen LogP contribution is 2.18. The molecule has 1 heterocycles. The lowest BCUT2D eigenvalue weighted by Crippen LogP contribution is -2.46. The topological polar surface area (TPSA) is 58.4 Å². The largest absolute Gasteiger partial charge is 0.354 e. The zero-order valence-electron chi connectivity index (χ0n) is 13.8. The number of piperidine rings is 1. The van der Waals surface area contributed by atoms with Crippen LogP contribution >= 0.6 is 0 Å². The van der Waals surface area contributed by atoms with E-state index in [1.54, 1.807) is 0 Å². The second kappa shape index (κ2) is 8.30. The molecule has 4 heteroatoms. The van der Waals surface area contributed by atoms with E-state index in [1.807, 2.05) is 13.8 Å². The van der Waals surface area contributed by atoms with Crippen molar-refractivity contribution in [1.82, 2.24) is 10.2 Å². The van der Waals surface area contributed by atoms with Gasteiger partial charge in [-0.15, -0.1) is 0 Å². The van der Waals surface area contributed by atoms with Crippen molar-refractivity contribution in [2.45, 2.75) is 39.3 Å². The Hall–Kier alpha value is -1.39. The van der Waals surface area contributed by atoms with E-state index in [-0.39, 0.29) is 11.8 Å². The van der Waals surface area contributed by atoms with Gasteiger partial charge in [-0.25, -0.2) is 0 Å². The molecular weight excluding hydrogens is 274 g/mol. The van der Waals surface area contributed by atoms with Crippen molar-refractivity contribution in [2.75, 3.05) is 19.6 Å². The van der Waals surface area contributed by atoms with E-state index < -0.39 is 6.04 Å². The summed E-state index contributed by atoms with van der Waals surface area (Å²) in [5.41, 5.74) is 7.24. The molecule has 1 aliphatic rings. The minimum Gasteiger partial charge on any atom is -0.354 e. The molecular formula is C18H29N3O. The maximum atomic E-state index is 11.9. The highest BCUT2D eigenvalue weighted by atomic mass is 16.2. The molecule has 1 aromatic carbocycles. The minimum atomic E-state index is -0.391. The first kappa shape index (κ1) is 17.0. The summed E-state index contributed by atoms with van der Waals surface area (Å²) in [4.78, 5) is 14.4. The van der Waals surface area contributed by atoms with Crippen LogP contribution in [0, 0.1) is 11.8 Å². The Morgan fingerprint density at radius 2 is 1.91 bits per heavy atom. The van der Waals surface area contributed by atoms with Crippen molar-refractivity contribution in [2.24, 2.45) is 17.6 Å². The third-order valence-corrected chi connectivity index (χ3v) is 4.54. The molecule has 1 fully saturated rings. The van der Waals surface area contributed by atoms with Crippen LogP contribution in [0.3, 0.4) is 0 Å². The number of benzene rings is 1. The average Bonchev–Trinajstić information content (AvgIpc) is 2.54. The standard InChI is InChI=1S/C18H29N3O/c1-14(2)17(19)18(22)20-12-15-8-10-21(11-9-15)13-16-6-4-3-5-7-16/h3-7,14-15,17H,8-13,19H2,1-2H3,(H,20,22)/t17-/m0/s1. The molecule has 1 saturated heterocycles. The van der Waals surface area contributed by atoms with Crippen molar-refractivity contribution < 1.29 is 4.79 Å². The van der Waals surface area contributed by atoms with Gasteiger partial charge >= 0.3 is 0 Å². The van der Waals surface area contributed by atoms with E-state index in [2.05, 4.69) is 40.5 Å². The lowest BCUT2D eigenvalue weighted by Gasteiger charge is -2.32. The molecule has 2 rings (SSSR count). The summed E-state index contributed by atoms with van der Waals surface area (Å²) in [5, 5.41) is 3.02. The van der Waals surface area contributed by atoms with Gasteiger partial charge in [0.2, 0.25) is 5.91 Å². The molecule has 122 valence electrons. The molecule has 4 nitrogen and oxygen atoms in total. The summed E-state index contributed by atoms with van der Waals surface area (Å²) in [7, 11) is 0. The van der Waals surface area contributed by atoms with Crippen LogP contribution in [0.1, 0.15) is 32.3 Å². The zero-order chi connectivity index (χ0) is 15.9. The second-order valence-electron chi connectivity index (χ2n) is 6.72. The van der Waals surface area contributed by atoms with Gasteiger partial charge in [-0.2, -0.15) is 0 Å². The Bertz CT molecular complexity index is 453. The van der Waals surface area contributed by atoms with Gasteiger partial charge in [-0.1, -0.05) is 44.2 Å². The van der Waals surface area contributed by atoms with Crippen molar-refractivity contribution in [3.8, 4) is 0 Å². The van der Waals surface area contributed by atoms with Gasteiger partial charge in [0.25, 0.3) is 0 Å². The molecule has 1 amide bonds. The van der Waals surface area contributed by atoms with Crippen molar-refractivity contribution in [3.63, 3.8) is 0 Å². The predicted octanol–water partition coefficient (Wildman–Crippen LogP) is 2.00. The van der Waals surface area contributed by atoms with Crippen LogP contribution in [0.5, 0.6) is 0 Å². The van der Waals surface area contributed by atoms with Gasteiger partial charge in [0.05, 0.1) is 6.04 Å². The maximum Gasteiger partial charge on any atom is 0.237 e. The first-order valence-corrected chi connectivity index (χ1v) is 8.36. The third-order valence-electron chi connectivity index (χ3n) is 4.54. The molecule has 1 atom stereocenters. The van der Waals surface area contributed by atoms with E-state index in [4.69, 9.17) is 5.73 Å². The highest BCUT2D eigenvalue weighted by molar-refractivity contribution is 5.81. The molecule has 3 N–H and O–H groups in total. The maximum absolute atomic E-state index is 11.9. The van der Waals surface area contributed by atoms with E-state index in [9.17, 15) is 4.79 Å².